The molecule has 0 saturated carbocycles. The van der Waals surface area contributed by atoms with Gasteiger partial charge in [0.1, 0.15) is 0 Å². The second-order valence-corrected chi connectivity index (χ2v) is 3.28. The van der Waals surface area contributed by atoms with Crippen LogP contribution < -0.4 is 0 Å². The molecule has 0 aliphatic carbocycles. The molecule has 0 aliphatic rings. The molecule has 0 rings (SSSR count). The van der Waals surface area contributed by atoms with Crippen LogP contribution in [0.15, 0.2) is 25.3 Å². The first-order valence-corrected chi connectivity index (χ1v) is 4.36. The Morgan fingerprint density at radius 3 is 1.82 bits per heavy atom. The zero-order chi connectivity index (χ0) is 8.91. The lowest BCUT2D eigenvalue weighted by atomic mass is 10.5. The monoisotopic (exact) mass is 177 g/mol. The lowest BCUT2D eigenvalue weighted by Gasteiger charge is -2.13. The Labute approximate surface area is 66.7 Å². The summed E-state index contributed by atoms with van der Waals surface area (Å²) in [5.74, 6) is 0. The molecule has 0 aromatic heterocycles. The molecule has 0 heterocycles. The fourth-order valence-corrected chi connectivity index (χ4v) is 1.14. The van der Waals surface area contributed by atoms with Crippen molar-refractivity contribution in [1.82, 2.24) is 4.31 Å². The molecule has 11 heavy (non-hydrogen) atoms. The van der Waals surface area contributed by atoms with Gasteiger partial charge in [0, 0.05) is 13.1 Å². The molecule has 0 amide bonds. The molecule has 0 saturated heterocycles. The first-order valence-electron chi connectivity index (χ1n) is 2.96. The highest BCUT2D eigenvalue weighted by Gasteiger charge is 2.14. The van der Waals surface area contributed by atoms with Crippen LogP contribution in [0.4, 0.5) is 0 Å². The average Bonchev–Trinajstić information content (AvgIpc) is 1.85. The molecule has 0 bridgehead atoms. The van der Waals surface area contributed by atoms with Gasteiger partial charge in [-0.05, 0) is 0 Å². The molecule has 0 aromatic carbocycles. The van der Waals surface area contributed by atoms with Gasteiger partial charge in [0.15, 0.2) is 0 Å². The van der Waals surface area contributed by atoms with Crippen molar-refractivity contribution < 1.29 is 13.0 Å². The SMILES string of the molecule is C=CCN(CC=C)S(=O)(=O)O. The van der Waals surface area contributed by atoms with Crippen LogP contribution in [0.1, 0.15) is 0 Å². The van der Waals surface area contributed by atoms with Gasteiger partial charge in [-0.1, -0.05) is 12.2 Å². The molecule has 5 heteroatoms. The summed E-state index contributed by atoms with van der Waals surface area (Å²) in [5.41, 5.74) is 0. The lowest BCUT2D eigenvalue weighted by Crippen LogP contribution is -2.30. The van der Waals surface area contributed by atoms with Crippen molar-refractivity contribution in [3.8, 4) is 0 Å². The van der Waals surface area contributed by atoms with Crippen LogP contribution in [0.25, 0.3) is 0 Å². The Balaban J connectivity index is 4.33. The Kier molecular flexibility index (Phi) is 4.02. The van der Waals surface area contributed by atoms with Gasteiger partial charge in [0.25, 0.3) is 0 Å². The van der Waals surface area contributed by atoms with E-state index in [0.29, 0.717) is 0 Å². The Hall–Kier alpha value is -0.650. The molecule has 0 atom stereocenters. The molecule has 1 N–H and O–H groups in total. The van der Waals surface area contributed by atoms with Crippen LogP contribution in [0.3, 0.4) is 0 Å². The summed E-state index contributed by atoms with van der Waals surface area (Å²) in [5, 5.41) is 0. The fraction of sp³-hybridized carbons (Fsp3) is 0.333. The Bertz CT molecular complexity index is 222. The van der Waals surface area contributed by atoms with E-state index in [1.165, 1.54) is 12.2 Å². The molecule has 0 aliphatic heterocycles. The number of hydrogen-bond donors (Lipinski definition) is 1. The Morgan fingerprint density at radius 2 is 1.64 bits per heavy atom. The standard InChI is InChI=1S/C6H11NO3S/c1-3-5-7(6-4-2)11(8,9)10/h3-4H,1-2,5-6H2,(H,8,9,10). The summed E-state index contributed by atoms with van der Waals surface area (Å²) in [6.45, 7) is 6.87. The minimum Gasteiger partial charge on any atom is -0.273 e. The van der Waals surface area contributed by atoms with Gasteiger partial charge in [-0.15, -0.1) is 13.2 Å². The third-order valence-corrected chi connectivity index (χ3v) is 1.94. The van der Waals surface area contributed by atoms with Gasteiger partial charge in [-0.2, -0.15) is 12.7 Å². The van der Waals surface area contributed by atoms with E-state index >= 15 is 0 Å². The molecule has 64 valence electrons. The number of rotatable bonds is 5. The van der Waals surface area contributed by atoms with Crippen molar-refractivity contribution in [3.05, 3.63) is 25.3 Å². The molecular formula is C6H11NO3S. The van der Waals surface area contributed by atoms with Gasteiger partial charge in [0.05, 0.1) is 0 Å². The van der Waals surface area contributed by atoms with Gasteiger partial charge in [0.2, 0.25) is 0 Å². The second-order valence-electron chi connectivity index (χ2n) is 1.87. The quantitative estimate of drug-likeness (QED) is 0.490. The highest BCUT2D eigenvalue weighted by Crippen LogP contribution is 1.96. The molecule has 0 fully saturated rings. The minimum absolute atomic E-state index is 0.0881. The van der Waals surface area contributed by atoms with E-state index in [2.05, 4.69) is 13.2 Å². The topological polar surface area (TPSA) is 57.6 Å². The van der Waals surface area contributed by atoms with E-state index in [-0.39, 0.29) is 13.1 Å². The van der Waals surface area contributed by atoms with Gasteiger partial charge < -0.3 is 0 Å². The van der Waals surface area contributed by atoms with Crippen molar-refractivity contribution in [1.29, 1.82) is 0 Å². The summed E-state index contributed by atoms with van der Waals surface area (Å²) in [4.78, 5) is 0. The molecule has 0 radical (unpaired) electrons. The van der Waals surface area contributed by atoms with E-state index in [0.717, 1.165) is 4.31 Å². The smallest absolute Gasteiger partial charge is 0.273 e. The Morgan fingerprint density at radius 1 is 1.27 bits per heavy atom. The third-order valence-electron chi connectivity index (χ3n) is 0.992. The maximum atomic E-state index is 10.5. The van der Waals surface area contributed by atoms with Crippen molar-refractivity contribution in [2.45, 2.75) is 0 Å². The predicted octanol–water partition coefficient (Wildman–Crippen LogP) is 0.463. The van der Waals surface area contributed by atoms with Crippen molar-refractivity contribution in [2.24, 2.45) is 0 Å². The van der Waals surface area contributed by atoms with Crippen LogP contribution >= 0.6 is 0 Å². The highest BCUT2D eigenvalue weighted by atomic mass is 32.2. The van der Waals surface area contributed by atoms with Crippen LogP contribution in [-0.4, -0.2) is 30.4 Å². The van der Waals surface area contributed by atoms with Crippen LogP contribution in [0.5, 0.6) is 0 Å². The van der Waals surface area contributed by atoms with Crippen molar-refractivity contribution >= 4 is 10.3 Å². The summed E-state index contributed by atoms with van der Waals surface area (Å²) >= 11 is 0. The largest absolute Gasteiger partial charge is 0.336 e. The van der Waals surface area contributed by atoms with E-state index < -0.39 is 10.3 Å². The fourth-order valence-electron chi connectivity index (χ4n) is 0.551. The average molecular weight is 177 g/mol. The normalized spacial score (nSPS) is 11.5. The molecular weight excluding hydrogens is 166 g/mol. The van der Waals surface area contributed by atoms with E-state index in [1.807, 2.05) is 0 Å². The summed E-state index contributed by atoms with van der Waals surface area (Å²) in [6, 6.07) is 0. The summed E-state index contributed by atoms with van der Waals surface area (Å²) < 4.78 is 30.4. The van der Waals surface area contributed by atoms with Crippen LogP contribution in [0, 0.1) is 0 Å². The van der Waals surface area contributed by atoms with E-state index in [1.54, 1.807) is 0 Å². The van der Waals surface area contributed by atoms with Gasteiger partial charge in [-0.3, -0.25) is 4.55 Å². The minimum atomic E-state index is -4.10. The third kappa shape index (κ3) is 3.92. The van der Waals surface area contributed by atoms with Gasteiger partial charge >= 0.3 is 10.3 Å². The first kappa shape index (κ1) is 10.3. The van der Waals surface area contributed by atoms with Gasteiger partial charge in [-0.25, -0.2) is 0 Å². The molecule has 0 spiro atoms. The summed E-state index contributed by atoms with van der Waals surface area (Å²) in [6.07, 6.45) is 2.77. The first-order chi connectivity index (χ1) is 5.02. The zero-order valence-electron chi connectivity index (χ0n) is 6.10. The highest BCUT2D eigenvalue weighted by molar-refractivity contribution is 7.83. The lowest BCUT2D eigenvalue weighted by molar-refractivity contribution is 0.388. The second kappa shape index (κ2) is 4.27. The predicted molar refractivity (Wildman–Crippen MR) is 43.5 cm³/mol. The molecule has 0 aromatic rings. The maximum Gasteiger partial charge on any atom is 0.336 e. The number of hydrogen-bond acceptors (Lipinski definition) is 2. The molecule has 4 nitrogen and oxygen atoms in total. The number of nitrogens with zero attached hydrogens (tertiary/aromatic N) is 1. The van der Waals surface area contributed by atoms with Crippen molar-refractivity contribution in [2.75, 3.05) is 13.1 Å². The van der Waals surface area contributed by atoms with Crippen molar-refractivity contribution in [3.63, 3.8) is 0 Å². The van der Waals surface area contributed by atoms with E-state index in [9.17, 15) is 8.42 Å². The van der Waals surface area contributed by atoms with E-state index in [4.69, 9.17) is 4.55 Å². The molecule has 0 unspecified atom stereocenters. The maximum absolute atomic E-state index is 10.5. The zero-order valence-corrected chi connectivity index (χ0v) is 6.92. The van der Waals surface area contributed by atoms with Crippen LogP contribution in [-0.2, 0) is 10.3 Å². The van der Waals surface area contributed by atoms with Crippen LogP contribution in [0.2, 0.25) is 0 Å². The summed E-state index contributed by atoms with van der Waals surface area (Å²) in [7, 11) is -4.10.